The Labute approximate surface area is 67.8 Å². The quantitative estimate of drug-likeness (QED) is 0.491. The lowest BCUT2D eigenvalue weighted by molar-refractivity contribution is -0.00296. The monoisotopic (exact) mass is 156 g/mol. The van der Waals surface area contributed by atoms with Crippen LogP contribution in [-0.2, 0) is 4.74 Å². The van der Waals surface area contributed by atoms with Gasteiger partial charge in [0, 0.05) is 11.9 Å². The second-order valence-corrected chi connectivity index (χ2v) is 3.29. The highest BCUT2D eigenvalue weighted by atomic mass is 16.5. The summed E-state index contributed by atoms with van der Waals surface area (Å²) in [6.45, 7) is 3.34. The van der Waals surface area contributed by atoms with Gasteiger partial charge in [0.15, 0.2) is 0 Å². The maximum absolute atomic E-state index is 9.67. The first-order chi connectivity index (χ1) is 5.00. The Morgan fingerprint density at radius 2 is 2.18 bits per heavy atom. The molecule has 1 saturated heterocycles. The lowest BCUT2D eigenvalue weighted by Gasteiger charge is -2.25. The molecule has 62 valence electrons. The van der Waals surface area contributed by atoms with Crippen LogP contribution in [0.3, 0.4) is 0 Å². The van der Waals surface area contributed by atoms with Gasteiger partial charge in [-0.3, -0.25) is 0 Å². The van der Waals surface area contributed by atoms with Crippen LogP contribution in [0.15, 0.2) is 0 Å². The maximum Gasteiger partial charge on any atom is 0.113 e. The van der Waals surface area contributed by atoms with Gasteiger partial charge in [-0.2, -0.15) is 0 Å². The van der Waals surface area contributed by atoms with Gasteiger partial charge in [0.05, 0.1) is 18.3 Å². The smallest absolute Gasteiger partial charge is 0.113 e. The third-order valence-corrected chi connectivity index (χ3v) is 2.56. The summed E-state index contributed by atoms with van der Waals surface area (Å²) in [6, 6.07) is -0.686. The normalized spacial score (nSPS) is 51.5. The topological polar surface area (TPSA) is 49.7 Å². The minimum Gasteiger partial charge on any atom is -0.394 e. The van der Waals surface area contributed by atoms with Crippen LogP contribution in [0.5, 0.6) is 0 Å². The van der Waals surface area contributed by atoms with Gasteiger partial charge in [0.1, 0.15) is 7.85 Å². The van der Waals surface area contributed by atoms with Crippen LogP contribution < -0.4 is 0 Å². The number of hydrogen-bond donors (Lipinski definition) is 2. The first-order valence-electron chi connectivity index (χ1n) is 3.74. The average molecular weight is 156 g/mol. The third kappa shape index (κ3) is 1.30. The maximum atomic E-state index is 9.67. The van der Waals surface area contributed by atoms with E-state index in [-0.39, 0.29) is 18.6 Å². The van der Waals surface area contributed by atoms with E-state index in [1.165, 1.54) is 0 Å². The molecular weight excluding hydrogens is 143 g/mol. The second-order valence-electron chi connectivity index (χ2n) is 3.29. The number of hydrogen-bond acceptors (Lipinski definition) is 3. The van der Waals surface area contributed by atoms with Crippen molar-refractivity contribution in [1.82, 2.24) is 0 Å². The van der Waals surface area contributed by atoms with E-state index in [1.807, 2.05) is 6.92 Å². The summed E-state index contributed by atoms with van der Waals surface area (Å²) < 4.78 is 5.12. The predicted octanol–water partition coefficient (Wildman–Crippen LogP) is -0.741. The van der Waals surface area contributed by atoms with Gasteiger partial charge in [0.25, 0.3) is 0 Å². The molecule has 0 spiro atoms. The molecule has 0 amide bonds. The zero-order valence-corrected chi connectivity index (χ0v) is 6.82. The highest BCUT2D eigenvalue weighted by molar-refractivity contribution is 6.12. The van der Waals surface area contributed by atoms with Crippen molar-refractivity contribution in [3.63, 3.8) is 0 Å². The molecule has 1 aliphatic heterocycles. The molecule has 0 aromatic carbocycles. The third-order valence-electron chi connectivity index (χ3n) is 2.56. The Bertz CT molecular complexity index is 149. The van der Waals surface area contributed by atoms with Crippen LogP contribution in [-0.4, -0.2) is 42.4 Å². The number of aliphatic hydroxyl groups excluding tert-OH is 1. The van der Waals surface area contributed by atoms with E-state index in [4.69, 9.17) is 17.7 Å². The van der Waals surface area contributed by atoms with E-state index in [0.717, 1.165) is 0 Å². The van der Waals surface area contributed by atoms with Crippen LogP contribution in [0.2, 0.25) is 0 Å². The number of ether oxygens (including phenoxy) is 1. The molecule has 4 heteroatoms. The van der Waals surface area contributed by atoms with Crippen molar-refractivity contribution in [1.29, 1.82) is 0 Å². The van der Waals surface area contributed by atoms with Crippen LogP contribution in [0.4, 0.5) is 0 Å². The summed E-state index contributed by atoms with van der Waals surface area (Å²) in [7, 11) is 5.49. The minimum atomic E-state index is -1.02. The number of rotatable bonds is 1. The van der Waals surface area contributed by atoms with Gasteiger partial charge in [-0.15, -0.1) is 0 Å². The second kappa shape index (κ2) is 2.77. The molecule has 0 saturated carbocycles. The average Bonchev–Trinajstić information content (AvgIpc) is 2.14. The van der Waals surface area contributed by atoms with Crippen molar-refractivity contribution < 1.29 is 14.9 Å². The van der Waals surface area contributed by atoms with Crippen molar-refractivity contribution in [2.75, 3.05) is 6.61 Å². The Morgan fingerprint density at radius 1 is 1.64 bits per heavy atom. The van der Waals surface area contributed by atoms with Gasteiger partial charge < -0.3 is 14.9 Å². The van der Waals surface area contributed by atoms with Crippen molar-refractivity contribution in [2.45, 2.75) is 31.6 Å². The fraction of sp³-hybridized carbons (Fsp3) is 1.00. The van der Waals surface area contributed by atoms with Crippen molar-refractivity contribution in [3.05, 3.63) is 0 Å². The van der Waals surface area contributed by atoms with Crippen molar-refractivity contribution >= 4 is 7.85 Å². The molecule has 1 rings (SSSR count). The van der Waals surface area contributed by atoms with E-state index in [1.54, 1.807) is 6.92 Å². The van der Waals surface area contributed by atoms with E-state index < -0.39 is 11.6 Å². The van der Waals surface area contributed by atoms with E-state index in [9.17, 15) is 5.11 Å². The molecular formula is C7H13BO3. The Hall–Kier alpha value is -0.0551. The lowest BCUT2D eigenvalue weighted by atomic mass is 9.78. The molecule has 0 unspecified atom stereocenters. The highest BCUT2D eigenvalue weighted by Gasteiger charge is 2.46. The first kappa shape index (κ1) is 9.04. The minimum absolute atomic E-state index is 0.0922. The Balaban J connectivity index is 2.71. The molecule has 1 fully saturated rings. The SMILES string of the molecule is [B][C@@H]1O[C@H](CO)[C@@H](C)[C@@]1(C)O. The summed E-state index contributed by atoms with van der Waals surface area (Å²) in [5, 5.41) is 18.5. The molecule has 4 atom stereocenters. The standard InChI is InChI=1S/C7H13BO3/c1-4-5(3-9)11-6(8)7(4,2)10/h4-6,9-10H,3H2,1-2H3/t4-,5-,6-,7-/m1/s1. The van der Waals surface area contributed by atoms with Gasteiger partial charge in [-0.1, -0.05) is 6.92 Å². The van der Waals surface area contributed by atoms with Gasteiger partial charge >= 0.3 is 0 Å². The molecule has 11 heavy (non-hydrogen) atoms. The molecule has 0 bridgehead atoms. The van der Waals surface area contributed by atoms with Crippen LogP contribution in [0.1, 0.15) is 13.8 Å². The Kier molecular flexibility index (Phi) is 2.28. The molecule has 2 radical (unpaired) electrons. The van der Waals surface area contributed by atoms with Crippen molar-refractivity contribution in [3.8, 4) is 0 Å². The molecule has 1 aliphatic rings. The summed E-state index contributed by atoms with van der Waals surface area (Å²) >= 11 is 0. The highest BCUT2D eigenvalue weighted by Crippen LogP contribution is 2.33. The molecule has 3 nitrogen and oxygen atoms in total. The van der Waals surface area contributed by atoms with E-state index in [0.29, 0.717) is 0 Å². The summed E-state index contributed by atoms with van der Waals surface area (Å²) in [4.78, 5) is 0. The molecule has 1 heterocycles. The Morgan fingerprint density at radius 3 is 2.36 bits per heavy atom. The molecule has 2 N–H and O–H groups in total. The van der Waals surface area contributed by atoms with Crippen molar-refractivity contribution in [2.24, 2.45) is 5.92 Å². The zero-order chi connectivity index (χ0) is 8.65. The van der Waals surface area contributed by atoms with Crippen LogP contribution in [0, 0.1) is 5.92 Å². The fourth-order valence-electron chi connectivity index (χ4n) is 1.28. The molecule has 0 aliphatic carbocycles. The predicted molar refractivity (Wildman–Crippen MR) is 41.3 cm³/mol. The van der Waals surface area contributed by atoms with Gasteiger partial charge in [0.2, 0.25) is 0 Å². The summed E-state index contributed by atoms with van der Waals surface area (Å²) in [6.07, 6.45) is -0.333. The van der Waals surface area contributed by atoms with Crippen LogP contribution >= 0.6 is 0 Å². The van der Waals surface area contributed by atoms with Crippen LogP contribution in [0.25, 0.3) is 0 Å². The lowest BCUT2D eigenvalue weighted by Crippen LogP contribution is -2.40. The summed E-state index contributed by atoms with van der Waals surface area (Å²) in [5.41, 5.74) is -1.02. The summed E-state index contributed by atoms with van der Waals surface area (Å²) in [5.74, 6) is -0.123. The fourth-order valence-corrected chi connectivity index (χ4v) is 1.28. The molecule has 0 aromatic heterocycles. The first-order valence-corrected chi connectivity index (χ1v) is 3.74. The van der Waals surface area contributed by atoms with Gasteiger partial charge in [-0.25, -0.2) is 0 Å². The number of aliphatic hydroxyl groups is 2. The van der Waals surface area contributed by atoms with E-state index in [2.05, 4.69) is 0 Å². The van der Waals surface area contributed by atoms with E-state index >= 15 is 0 Å². The largest absolute Gasteiger partial charge is 0.394 e. The molecule has 0 aromatic rings. The van der Waals surface area contributed by atoms with Gasteiger partial charge in [-0.05, 0) is 6.92 Å². The zero-order valence-electron chi connectivity index (χ0n) is 6.82.